The van der Waals surface area contributed by atoms with Crippen molar-refractivity contribution in [3.8, 4) is 5.69 Å². The van der Waals surface area contributed by atoms with Crippen molar-refractivity contribution < 1.29 is 4.79 Å². The van der Waals surface area contributed by atoms with Gasteiger partial charge in [-0.1, -0.05) is 12.1 Å². The average molecular weight is 510 g/mol. The summed E-state index contributed by atoms with van der Waals surface area (Å²) in [5.74, 6) is -0.0917. The molecule has 2 aliphatic rings. The predicted molar refractivity (Wildman–Crippen MR) is 149 cm³/mol. The van der Waals surface area contributed by atoms with E-state index in [0.29, 0.717) is 5.69 Å². The van der Waals surface area contributed by atoms with Gasteiger partial charge < -0.3 is 14.8 Å². The average Bonchev–Trinajstić information content (AvgIpc) is 3.54. The van der Waals surface area contributed by atoms with E-state index in [2.05, 4.69) is 36.9 Å². The van der Waals surface area contributed by atoms with Gasteiger partial charge in [-0.3, -0.25) is 24.0 Å². The summed E-state index contributed by atoms with van der Waals surface area (Å²) in [6.45, 7) is 3.34. The van der Waals surface area contributed by atoms with Gasteiger partial charge in [0, 0.05) is 88.2 Å². The van der Waals surface area contributed by atoms with E-state index in [-0.39, 0.29) is 11.5 Å². The number of anilines is 1. The number of fused-ring (bicyclic) bond motifs is 2. The van der Waals surface area contributed by atoms with Gasteiger partial charge in [-0.05, 0) is 48.2 Å². The number of nitrogens with zero attached hydrogens (tertiary/aromatic N) is 6. The van der Waals surface area contributed by atoms with Crippen LogP contribution in [0.3, 0.4) is 0 Å². The fraction of sp³-hybridized carbons (Fsp3) is 0.310. The number of aryl methyl sites for hydroxylation is 1. The third-order valence-electron chi connectivity index (χ3n) is 7.59. The van der Waals surface area contributed by atoms with Crippen molar-refractivity contribution in [2.45, 2.75) is 19.4 Å². The molecule has 6 heterocycles. The highest BCUT2D eigenvalue weighted by molar-refractivity contribution is 5.92. The standard InChI is InChI=1S/C29H31N7O2/c1-33(2)29(38)25-5-4-20(17-32-25)19-8-13-35(14-9-19)18-21-16-23-26(7-12-31-27(23)34(21)3)36-15-10-24-22(28(36)37)6-11-30-24/h4-5,7-8,10,12,15-17,30H,6,9,11,13-14,18H2,1-3H3. The van der Waals surface area contributed by atoms with Gasteiger partial charge in [0.1, 0.15) is 11.3 Å². The molecule has 0 aromatic carbocycles. The van der Waals surface area contributed by atoms with Gasteiger partial charge in [-0.2, -0.15) is 0 Å². The maximum Gasteiger partial charge on any atom is 0.271 e. The smallest absolute Gasteiger partial charge is 0.271 e. The summed E-state index contributed by atoms with van der Waals surface area (Å²) >= 11 is 0. The fourth-order valence-electron chi connectivity index (χ4n) is 5.40. The summed E-state index contributed by atoms with van der Waals surface area (Å²) in [6, 6.07) is 9.86. The maximum absolute atomic E-state index is 13.2. The summed E-state index contributed by atoms with van der Waals surface area (Å²) in [4.78, 5) is 38.3. The second kappa shape index (κ2) is 9.57. The quantitative estimate of drug-likeness (QED) is 0.445. The van der Waals surface area contributed by atoms with Gasteiger partial charge in [0.15, 0.2) is 0 Å². The molecule has 6 rings (SSSR count). The molecule has 1 N–H and O–H groups in total. The minimum atomic E-state index is -0.0917. The lowest BCUT2D eigenvalue weighted by molar-refractivity contribution is 0.0822. The Bertz CT molecular complexity index is 1630. The Morgan fingerprint density at radius 2 is 2.00 bits per heavy atom. The molecule has 0 radical (unpaired) electrons. The Hall–Kier alpha value is -4.24. The first-order valence-corrected chi connectivity index (χ1v) is 12.9. The summed E-state index contributed by atoms with van der Waals surface area (Å²) in [6.07, 6.45) is 9.35. The summed E-state index contributed by atoms with van der Waals surface area (Å²) in [5.41, 5.74) is 7.48. The lowest BCUT2D eigenvalue weighted by Gasteiger charge is -2.26. The van der Waals surface area contributed by atoms with Crippen molar-refractivity contribution in [1.29, 1.82) is 0 Å². The zero-order valence-electron chi connectivity index (χ0n) is 21.9. The first-order valence-electron chi connectivity index (χ1n) is 12.9. The van der Waals surface area contributed by atoms with E-state index < -0.39 is 0 Å². The van der Waals surface area contributed by atoms with E-state index in [1.165, 1.54) is 10.5 Å². The van der Waals surface area contributed by atoms with Crippen LogP contribution in [0.4, 0.5) is 5.69 Å². The zero-order valence-corrected chi connectivity index (χ0v) is 21.9. The topological polar surface area (TPSA) is 88.3 Å². The number of carbonyl (C=O) groups is 1. The van der Waals surface area contributed by atoms with Crippen LogP contribution in [0.2, 0.25) is 0 Å². The van der Waals surface area contributed by atoms with Crippen LogP contribution in [0, 0.1) is 0 Å². The monoisotopic (exact) mass is 509 g/mol. The van der Waals surface area contributed by atoms with E-state index in [9.17, 15) is 9.59 Å². The van der Waals surface area contributed by atoms with Gasteiger partial charge in [0.05, 0.1) is 5.69 Å². The zero-order chi connectivity index (χ0) is 26.4. The number of hydrogen-bond acceptors (Lipinski definition) is 6. The molecule has 4 aromatic rings. The molecule has 9 heteroatoms. The van der Waals surface area contributed by atoms with E-state index in [1.54, 1.807) is 37.1 Å². The largest absolute Gasteiger partial charge is 0.384 e. The van der Waals surface area contributed by atoms with Crippen LogP contribution in [0.5, 0.6) is 0 Å². The van der Waals surface area contributed by atoms with Gasteiger partial charge >= 0.3 is 0 Å². The third kappa shape index (κ3) is 4.18. The number of nitrogens with one attached hydrogen (secondary N) is 1. The highest BCUT2D eigenvalue weighted by Crippen LogP contribution is 2.27. The molecule has 0 spiro atoms. The molecule has 1 amide bonds. The van der Waals surface area contributed by atoms with Crippen LogP contribution in [0.15, 0.2) is 59.8 Å². The molecule has 0 saturated carbocycles. The normalized spacial score (nSPS) is 15.3. The van der Waals surface area contributed by atoms with Crippen LogP contribution in [0.1, 0.15) is 33.7 Å². The SMILES string of the molecule is CN(C)C(=O)c1ccc(C2=CCN(Cc3cc4c(-n5ccc6c(c5=O)CCN6)ccnc4n3C)CC2)cn1. The van der Waals surface area contributed by atoms with Crippen LogP contribution in [-0.4, -0.2) is 68.5 Å². The highest BCUT2D eigenvalue weighted by atomic mass is 16.2. The Kier molecular flexibility index (Phi) is 6.07. The number of pyridine rings is 3. The van der Waals surface area contributed by atoms with Crippen molar-refractivity contribution in [2.24, 2.45) is 7.05 Å². The highest BCUT2D eigenvalue weighted by Gasteiger charge is 2.20. The second-order valence-electron chi connectivity index (χ2n) is 10.2. The van der Waals surface area contributed by atoms with Crippen molar-refractivity contribution >= 4 is 28.2 Å². The molecule has 2 aliphatic heterocycles. The van der Waals surface area contributed by atoms with Crippen LogP contribution >= 0.6 is 0 Å². The molecule has 9 nitrogen and oxygen atoms in total. The van der Waals surface area contributed by atoms with Gasteiger partial charge in [-0.25, -0.2) is 4.98 Å². The Labute approximate surface area is 221 Å². The minimum absolute atomic E-state index is 0.0349. The van der Waals surface area contributed by atoms with E-state index >= 15 is 0 Å². The summed E-state index contributed by atoms with van der Waals surface area (Å²) in [5, 5.41) is 4.26. The molecular formula is C29H31N7O2. The molecule has 4 aromatic heterocycles. The molecule has 0 bridgehead atoms. The first kappa shape index (κ1) is 24.1. The van der Waals surface area contributed by atoms with E-state index in [0.717, 1.165) is 78.2 Å². The summed E-state index contributed by atoms with van der Waals surface area (Å²) < 4.78 is 3.88. The lowest BCUT2D eigenvalue weighted by atomic mass is 10.0. The molecule has 194 valence electrons. The molecule has 0 atom stereocenters. The minimum Gasteiger partial charge on any atom is -0.384 e. The van der Waals surface area contributed by atoms with Gasteiger partial charge in [0.2, 0.25) is 0 Å². The van der Waals surface area contributed by atoms with Crippen LogP contribution in [-0.2, 0) is 20.0 Å². The number of rotatable bonds is 5. The van der Waals surface area contributed by atoms with Crippen molar-refractivity contribution in [1.82, 2.24) is 28.9 Å². The second-order valence-corrected chi connectivity index (χ2v) is 10.2. The van der Waals surface area contributed by atoms with Crippen LogP contribution in [0.25, 0.3) is 22.3 Å². The van der Waals surface area contributed by atoms with E-state index in [1.807, 2.05) is 31.4 Å². The molecule has 0 fully saturated rings. The number of carbonyl (C=O) groups excluding carboxylic acids is 1. The van der Waals surface area contributed by atoms with Gasteiger partial charge in [0.25, 0.3) is 11.5 Å². The molecule has 0 aliphatic carbocycles. The number of amides is 1. The molecule has 38 heavy (non-hydrogen) atoms. The van der Waals surface area contributed by atoms with Crippen molar-refractivity contribution in [3.63, 3.8) is 0 Å². The summed E-state index contributed by atoms with van der Waals surface area (Å²) in [7, 11) is 5.50. The molecule has 0 saturated heterocycles. The Morgan fingerprint density at radius 1 is 1.13 bits per heavy atom. The third-order valence-corrected chi connectivity index (χ3v) is 7.59. The number of aromatic nitrogens is 4. The Morgan fingerprint density at radius 3 is 2.74 bits per heavy atom. The van der Waals surface area contributed by atoms with Gasteiger partial charge in [-0.15, -0.1) is 0 Å². The number of hydrogen-bond donors (Lipinski definition) is 1. The van der Waals surface area contributed by atoms with Crippen LogP contribution < -0.4 is 10.9 Å². The molecular weight excluding hydrogens is 478 g/mol. The van der Waals surface area contributed by atoms with E-state index in [4.69, 9.17) is 0 Å². The predicted octanol–water partition coefficient (Wildman–Crippen LogP) is 3.08. The molecule has 0 unspecified atom stereocenters. The van der Waals surface area contributed by atoms with Crippen molar-refractivity contribution in [2.75, 3.05) is 39.0 Å². The Balaban J connectivity index is 1.22. The fourth-order valence-corrected chi connectivity index (χ4v) is 5.40. The first-order chi connectivity index (χ1) is 18.4. The van der Waals surface area contributed by atoms with Crippen molar-refractivity contribution in [3.05, 3.63) is 87.9 Å². The lowest BCUT2D eigenvalue weighted by Crippen LogP contribution is -2.28. The maximum atomic E-state index is 13.2.